The van der Waals surface area contributed by atoms with E-state index in [2.05, 4.69) is 31.2 Å². The Balaban J connectivity index is 0.000000138. The summed E-state index contributed by atoms with van der Waals surface area (Å²) in [6.07, 6.45) is 2.47. The summed E-state index contributed by atoms with van der Waals surface area (Å²) in [5, 5.41) is 35.4. The topological polar surface area (TPSA) is 259 Å². The summed E-state index contributed by atoms with van der Waals surface area (Å²) in [5.74, 6) is 6.92. The fourth-order valence-electron chi connectivity index (χ4n) is 13.4. The zero-order chi connectivity index (χ0) is 62.6. The molecule has 6 unspecified atom stereocenters. The van der Waals surface area contributed by atoms with Crippen LogP contribution in [0.1, 0.15) is 107 Å². The monoisotopic (exact) mass is 1470 g/mol. The maximum absolute atomic E-state index is 13.9. The number of benzene rings is 6. The van der Waals surface area contributed by atoms with E-state index in [-0.39, 0.29) is 75.1 Å². The molecule has 0 fully saturated rings. The minimum atomic E-state index is -2.55. The van der Waals surface area contributed by atoms with E-state index in [0.717, 1.165) is 41.5 Å². The van der Waals surface area contributed by atoms with Crippen molar-refractivity contribution in [2.45, 2.75) is 75.1 Å². The zero-order valence-electron chi connectivity index (χ0n) is 48.8. The number of aliphatic hydroxyl groups is 2. The number of hydrogen-bond acceptors (Lipinski definition) is 17. The quantitative estimate of drug-likeness (QED) is 0.0763. The molecule has 6 heterocycles. The van der Waals surface area contributed by atoms with Crippen molar-refractivity contribution in [2.75, 3.05) is 43.7 Å². The number of pyridine rings is 2. The number of halogens is 1. The normalized spacial score (nSPS) is 20.0. The summed E-state index contributed by atoms with van der Waals surface area (Å²) >= 11 is -4.43. The molecule has 2 aliphatic heterocycles. The van der Waals surface area contributed by atoms with Crippen LogP contribution in [0, 0.1) is 0 Å². The number of nitrogens with one attached hydrogen (secondary N) is 1. The van der Waals surface area contributed by atoms with Crippen molar-refractivity contribution < 1.29 is 52.6 Å². The minimum absolute atomic E-state index is 0.00436. The Bertz CT molecular complexity index is 5030. The first-order valence-corrected chi connectivity index (χ1v) is 40.9. The van der Waals surface area contributed by atoms with Crippen LogP contribution in [0.25, 0.3) is 65.7 Å². The fourth-order valence-corrected chi connectivity index (χ4v) is 18.8. The van der Waals surface area contributed by atoms with E-state index in [1.54, 1.807) is 30.1 Å². The third-order valence-electron chi connectivity index (χ3n) is 17.7. The maximum Gasteiger partial charge on any atom is 0.280 e. The number of phenolic OH excluding ortho intramolecular Hbond substituents is 1. The number of hydrogen-bond donors (Lipinski definition) is 5. The average Bonchev–Trinajstić information content (AvgIpc) is 0.722. The molecular formula is C68H61ClN4O15Te2. The molecule has 16 rings (SSSR count). The number of nitrogen functional groups attached to an aromatic ring is 1. The molecule has 19 nitrogen and oxygen atoms in total. The number of ether oxygens (including phenoxy) is 6. The molecule has 4 aromatic heterocycles. The third kappa shape index (κ3) is 10.2. The molecule has 90 heavy (non-hydrogen) atoms. The molecule has 6 N–H and O–H groups in total. The third-order valence-corrected chi connectivity index (χ3v) is 26.1. The van der Waals surface area contributed by atoms with Gasteiger partial charge < -0.3 is 44.5 Å². The van der Waals surface area contributed by atoms with Gasteiger partial charge in [0.25, 0.3) is 5.56 Å². The molecule has 0 amide bonds. The molecule has 10 aromatic rings. The van der Waals surface area contributed by atoms with Crippen LogP contribution in [0.3, 0.4) is 0 Å². The van der Waals surface area contributed by atoms with Gasteiger partial charge in [-0.3, -0.25) is 14.4 Å². The molecule has 4 aliphatic carbocycles. The van der Waals surface area contributed by atoms with Gasteiger partial charge >= 0.3 is 275 Å². The van der Waals surface area contributed by atoms with E-state index in [4.69, 9.17) is 52.1 Å². The van der Waals surface area contributed by atoms with Gasteiger partial charge in [-0.1, -0.05) is 0 Å². The van der Waals surface area contributed by atoms with Crippen molar-refractivity contribution in [3.63, 3.8) is 0 Å². The van der Waals surface area contributed by atoms with Crippen molar-refractivity contribution >= 4 is 109 Å². The largest absolute Gasteiger partial charge is 0.506 e. The van der Waals surface area contributed by atoms with Gasteiger partial charge in [0.15, 0.2) is 6.79 Å². The van der Waals surface area contributed by atoms with E-state index in [1.165, 1.54) is 16.9 Å². The Morgan fingerprint density at radius 2 is 1.21 bits per heavy atom. The summed E-state index contributed by atoms with van der Waals surface area (Å²) in [5.41, 5.74) is 8.78. The van der Waals surface area contributed by atoms with Crippen LogP contribution in [-0.4, -0.2) is 106 Å². The van der Waals surface area contributed by atoms with Gasteiger partial charge in [-0.15, -0.1) is 0 Å². The Morgan fingerprint density at radius 1 is 0.667 bits per heavy atom. The summed E-state index contributed by atoms with van der Waals surface area (Å²) in [4.78, 5) is 54.1. The molecule has 6 atom stereocenters. The van der Waals surface area contributed by atoms with Crippen molar-refractivity contribution in [1.82, 2.24) is 9.35 Å². The van der Waals surface area contributed by atoms with Gasteiger partial charge in [0.05, 0.1) is 34.8 Å². The molecule has 22 heteroatoms. The zero-order valence-corrected chi connectivity index (χ0v) is 54.2. The second-order valence-corrected chi connectivity index (χ2v) is 37.7. The van der Waals surface area contributed by atoms with E-state index >= 15 is 0 Å². The van der Waals surface area contributed by atoms with Crippen LogP contribution in [0.2, 0.25) is 0 Å². The van der Waals surface area contributed by atoms with Crippen LogP contribution in [-0.2, 0) is 31.8 Å². The van der Waals surface area contributed by atoms with Gasteiger partial charge in [-0.05, 0) is 60.4 Å². The maximum atomic E-state index is 13.9. The van der Waals surface area contributed by atoms with Gasteiger partial charge in [0.2, 0.25) is 5.43 Å². The van der Waals surface area contributed by atoms with Gasteiger partial charge in [0.1, 0.15) is 40.4 Å². The number of aromatic hydroxyl groups is 1. The number of aromatic nitrogens is 2. The second-order valence-electron chi connectivity index (χ2n) is 22.9. The van der Waals surface area contributed by atoms with E-state index in [1.807, 2.05) is 78.9 Å². The molecule has 0 spiro atoms. The number of aliphatic hydroxyl groups excluding tert-OH is 2. The van der Waals surface area contributed by atoms with Crippen molar-refractivity contribution in [1.29, 1.82) is 0 Å². The number of fused-ring (bicyclic) bond motifs is 12. The van der Waals surface area contributed by atoms with Crippen LogP contribution in [0.5, 0.6) is 17.2 Å². The van der Waals surface area contributed by atoms with Crippen LogP contribution in [0.15, 0.2) is 144 Å². The summed E-state index contributed by atoms with van der Waals surface area (Å²) in [7, 11) is 9.13. The van der Waals surface area contributed by atoms with E-state index < -0.39 is 71.3 Å². The smallest absolute Gasteiger partial charge is 0.280 e. The number of nitrogens with zero attached hydrogens (tertiary/aromatic N) is 2. The Labute approximate surface area is 526 Å². The number of nitrogens with two attached hydrogens (primary N) is 1. The summed E-state index contributed by atoms with van der Waals surface area (Å²) in [6, 6.07) is 33.1. The Kier molecular flexibility index (Phi) is 15.7. The van der Waals surface area contributed by atoms with Crippen LogP contribution < -0.4 is 49.9 Å². The predicted octanol–water partition coefficient (Wildman–Crippen LogP) is 7.53. The van der Waals surface area contributed by atoms with Gasteiger partial charge in [0, 0.05) is 38.0 Å². The summed E-state index contributed by atoms with van der Waals surface area (Å²) in [6.45, 7) is -0.0711. The van der Waals surface area contributed by atoms with E-state index in [0.29, 0.717) is 98.8 Å². The average molecular weight is 1460 g/mol. The molecular weight excluding hydrogens is 1400 g/mol. The standard InChI is InChI=1S/C34H30N2O7Te.C26H22N2O8.C8H9ClTe/c1-40-25-9-8-24(37)29-31(38)30-27(43-32(25)29)15-23-21-14-22-18(12-19(21)13-26-28(23)33(30)42-17-41-26)10-11-36(34(22)39)35-16-44(2)20-6-4-3-5-7-20;1-33-14-3-2-13(29)20-23(31)21-16(36-24(14)20)8-12-17-11(7-15-19(12)25(21)35-9-34-15)6-10-4-5-28(27)26(32)18(10)22(17)30;1-10(2,9)8-6-4-3-5-7-8/h3-7,10-12,14-15,24-26,35,37H,2,8-9,13,16-17H2,1H3;4-6,8,13-15,29-30H,2-3,7,9,27H2,1H3;3-7H,1-2H2. The van der Waals surface area contributed by atoms with Gasteiger partial charge in [-0.25, -0.2) is 4.68 Å². The van der Waals surface area contributed by atoms with Crippen LogP contribution in [0.4, 0.5) is 0 Å². The SMILES string of the molecule is C=[Te](=C)(Cl)c1ccccc1.C=[Te](CNn1ccc2cc3c(cc2c1=O)-c1cc2oc4c(c(=O)c2c2c1C(C3)OCO2)C(O)CCC4OC)c1ccccc1.COC1CCC(O)c2c1oc1cc3c4c(c1c2=O)OCOC4Cc1cc2ccn(N)c(=O)c2c(O)c1-3. The first-order chi connectivity index (χ1) is 43.4. The fraction of sp³-hybridized carbons (Fsp3) is 0.250. The second kappa shape index (κ2) is 23.6. The molecule has 462 valence electrons. The molecule has 6 aromatic carbocycles. The molecule has 0 saturated carbocycles. The van der Waals surface area contributed by atoms with Crippen LogP contribution >= 0.6 is 8.96 Å². The van der Waals surface area contributed by atoms with Crippen molar-refractivity contribution in [2.24, 2.45) is 0 Å². The summed E-state index contributed by atoms with van der Waals surface area (Å²) < 4.78 is 65.2. The minimum Gasteiger partial charge on any atom is -0.506 e. The molecule has 0 bridgehead atoms. The number of methoxy groups -OCH3 is 2. The number of rotatable bonds is 7. The molecule has 0 radical (unpaired) electrons. The van der Waals surface area contributed by atoms with Crippen molar-refractivity contribution in [3.8, 4) is 39.5 Å². The Morgan fingerprint density at radius 3 is 1.79 bits per heavy atom. The van der Waals surface area contributed by atoms with Crippen molar-refractivity contribution in [3.05, 3.63) is 202 Å². The number of phenols is 1. The molecule has 6 aliphatic rings. The van der Waals surface area contributed by atoms with Gasteiger partial charge in [-0.2, -0.15) is 0 Å². The Hall–Kier alpha value is -7.60. The molecule has 0 saturated heterocycles. The first kappa shape index (κ1) is 60.0. The first-order valence-electron chi connectivity index (χ1n) is 29.1. The van der Waals surface area contributed by atoms with E-state index in [9.17, 15) is 34.5 Å². The predicted molar refractivity (Wildman–Crippen MR) is 350 cm³/mol.